The molecule has 1 heterocycles. The normalized spacial score (nSPS) is 11.2. The fourth-order valence-corrected chi connectivity index (χ4v) is 2.47. The first-order chi connectivity index (χ1) is 13.0. The molecule has 0 saturated heterocycles. The van der Waals surface area contributed by atoms with E-state index in [2.05, 4.69) is 20.6 Å². The van der Waals surface area contributed by atoms with Gasteiger partial charge in [-0.1, -0.05) is 18.2 Å². The average molecular weight is 371 g/mol. The Balaban J connectivity index is 1.75. The number of nitrogens with one attached hydrogen (secondary N) is 2. The number of carbonyl (C=O) groups is 1. The minimum absolute atomic E-state index is 0.0356. The van der Waals surface area contributed by atoms with Crippen LogP contribution in [0.1, 0.15) is 16.8 Å². The van der Waals surface area contributed by atoms with Crippen LogP contribution in [0.4, 0.5) is 4.39 Å². The number of hydrogen-bond donors (Lipinski definition) is 2. The number of amides is 1. The standard InChI is InChI=1S/C20H26FN5O/c1-15-12-16(7-8-18(15)21)13-24-20(22-2)25-14-19(27)26(3)11-9-17-6-4-5-10-23-17/h4-8,10,12H,9,11,13-14H2,1-3H3,(H2,22,24,25). The minimum atomic E-state index is -0.222. The number of halogens is 1. The summed E-state index contributed by atoms with van der Waals surface area (Å²) in [6, 6.07) is 10.7. The smallest absolute Gasteiger partial charge is 0.241 e. The van der Waals surface area contributed by atoms with E-state index >= 15 is 0 Å². The SMILES string of the molecule is CN=C(NCC(=O)N(C)CCc1ccccn1)NCc1ccc(F)c(C)c1. The molecule has 2 rings (SSSR count). The molecule has 2 aromatic rings. The Bertz CT molecular complexity index is 779. The van der Waals surface area contributed by atoms with E-state index in [1.807, 2.05) is 18.2 Å². The molecule has 0 radical (unpaired) electrons. The maximum Gasteiger partial charge on any atom is 0.241 e. The third-order valence-corrected chi connectivity index (χ3v) is 4.17. The lowest BCUT2D eigenvalue weighted by atomic mass is 10.1. The van der Waals surface area contributed by atoms with Gasteiger partial charge in [-0.25, -0.2) is 4.39 Å². The van der Waals surface area contributed by atoms with Crippen molar-refractivity contribution in [3.63, 3.8) is 0 Å². The lowest BCUT2D eigenvalue weighted by Crippen LogP contribution is -2.43. The van der Waals surface area contributed by atoms with E-state index in [1.165, 1.54) is 6.07 Å². The molecule has 1 aromatic heterocycles. The van der Waals surface area contributed by atoms with Gasteiger partial charge < -0.3 is 15.5 Å². The largest absolute Gasteiger partial charge is 0.352 e. The molecule has 0 aliphatic heterocycles. The Morgan fingerprint density at radius 2 is 2.07 bits per heavy atom. The molecular formula is C20H26FN5O. The summed E-state index contributed by atoms with van der Waals surface area (Å²) >= 11 is 0. The second kappa shape index (κ2) is 10.3. The topological polar surface area (TPSA) is 69.6 Å². The van der Waals surface area contributed by atoms with Crippen molar-refractivity contribution in [1.82, 2.24) is 20.5 Å². The highest BCUT2D eigenvalue weighted by atomic mass is 19.1. The molecule has 1 aromatic carbocycles. The molecule has 0 aliphatic rings. The quantitative estimate of drug-likeness (QED) is 0.576. The van der Waals surface area contributed by atoms with Gasteiger partial charge in [-0.15, -0.1) is 0 Å². The van der Waals surface area contributed by atoms with Crippen molar-refractivity contribution < 1.29 is 9.18 Å². The van der Waals surface area contributed by atoms with Gasteiger partial charge in [-0.2, -0.15) is 0 Å². The molecule has 0 spiro atoms. The number of pyridine rings is 1. The molecule has 0 saturated carbocycles. The second-order valence-corrected chi connectivity index (χ2v) is 6.25. The highest BCUT2D eigenvalue weighted by molar-refractivity contribution is 5.86. The monoisotopic (exact) mass is 371 g/mol. The number of aryl methyl sites for hydroxylation is 1. The van der Waals surface area contributed by atoms with E-state index in [0.29, 0.717) is 31.0 Å². The number of guanidine groups is 1. The van der Waals surface area contributed by atoms with Crippen molar-refractivity contribution in [1.29, 1.82) is 0 Å². The minimum Gasteiger partial charge on any atom is -0.352 e. The molecule has 0 bridgehead atoms. The molecule has 0 atom stereocenters. The Morgan fingerprint density at radius 3 is 2.74 bits per heavy atom. The van der Waals surface area contributed by atoms with Crippen LogP contribution in [0.3, 0.4) is 0 Å². The summed E-state index contributed by atoms with van der Waals surface area (Å²) in [4.78, 5) is 22.3. The zero-order chi connectivity index (χ0) is 19.6. The van der Waals surface area contributed by atoms with Crippen molar-refractivity contribution >= 4 is 11.9 Å². The number of carbonyl (C=O) groups excluding carboxylic acids is 1. The van der Waals surface area contributed by atoms with E-state index in [-0.39, 0.29) is 18.3 Å². The van der Waals surface area contributed by atoms with Crippen molar-refractivity contribution in [2.45, 2.75) is 19.9 Å². The van der Waals surface area contributed by atoms with E-state index in [9.17, 15) is 9.18 Å². The summed E-state index contributed by atoms with van der Waals surface area (Å²) in [5.74, 6) is 0.260. The van der Waals surface area contributed by atoms with Gasteiger partial charge in [-0.05, 0) is 36.2 Å². The summed E-state index contributed by atoms with van der Waals surface area (Å²) in [7, 11) is 3.41. The predicted molar refractivity (Wildman–Crippen MR) is 105 cm³/mol. The van der Waals surface area contributed by atoms with Gasteiger partial charge in [0.05, 0.1) is 6.54 Å². The molecule has 144 valence electrons. The number of likely N-dealkylation sites (N-methyl/N-ethyl adjacent to an activating group) is 1. The molecule has 2 N–H and O–H groups in total. The Hall–Kier alpha value is -2.96. The van der Waals surface area contributed by atoms with Crippen LogP contribution in [0.2, 0.25) is 0 Å². The molecular weight excluding hydrogens is 345 g/mol. The first-order valence-electron chi connectivity index (χ1n) is 8.83. The van der Waals surface area contributed by atoms with Crippen LogP contribution in [0.25, 0.3) is 0 Å². The number of rotatable bonds is 7. The summed E-state index contributed by atoms with van der Waals surface area (Å²) in [6.45, 7) is 2.95. The van der Waals surface area contributed by atoms with Gasteiger partial charge in [-0.3, -0.25) is 14.8 Å². The van der Waals surface area contributed by atoms with Crippen LogP contribution in [-0.4, -0.2) is 48.9 Å². The van der Waals surface area contributed by atoms with E-state index in [0.717, 1.165) is 11.3 Å². The van der Waals surface area contributed by atoms with E-state index < -0.39 is 0 Å². The third kappa shape index (κ3) is 6.69. The molecule has 0 aliphatic carbocycles. The summed E-state index contributed by atoms with van der Waals surface area (Å²) in [5.41, 5.74) is 2.50. The van der Waals surface area contributed by atoms with Crippen molar-refractivity contribution in [2.75, 3.05) is 27.2 Å². The number of aromatic nitrogens is 1. The zero-order valence-corrected chi connectivity index (χ0v) is 16.0. The highest BCUT2D eigenvalue weighted by Crippen LogP contribution is 2.08. The lowest BCUT2D eigenvalue weighted by Gasteiger charge is -2.18. The number of hydrogen-bond acceptors (Lipinski definition) is 3. The van der Waals surface area contributed by atoms with Gasteiger partial charge in [0.2, 0.25) is 5.91 Å². The van der Waals surface area contributed by atoms with Crippen molar-refractivity contribution in [3.05, 3.63) is 65.2 Å². The zero-order valence-electron chi connectivity index (χ0n) is 16.0. The lowest BCUT2D eigenvalue weighted by molar-refractivity contribution is -0.128. The predicted octanol–water partition coefficient (Wildman–Crippen LogP) is 1.90. The number of benzene rings is 1. The Labute approximate surface area is 159 Å². The van der Waals surface area contributed by atoms with Gasteiger partial charge >= 0.3 is 0 Å². The Morgan fingerprint density at radius 1 is 1.26 bits per heavy atom. The maximum atomic E-state index is 13.3. The summed E-state index contributed by atoms with van der Waals surface area (Å²) in [5, 5.41) is 6.12. The molecule has 6 nitrogen and oxygen atoms in total. The van der Waals surface area contributed by atoms with Crippen LogP contribution in [0.15, 0.2) is 47.6 Å². The van der Waals surface area contributed by atoms with Gasteiger partial charge in [0.25, 0.3) is 0 Å². The van der Waals surface area contributed by atoms with Gasteiger partial charge in [0, 0.05) is 45.5 Å². The molecule has 0 unspecified atom stereocenters. The first kappa shape index (κ1) is 20.4. The molecule has 0 fully saturated rings. The third-order valence-electron chi connectivity index (χ3n) is 4.17. The second-order valence-electron chi connectivity index (χ2n) is 6.25. The number of aliphatic imine (C=N–C) groups is 1. The maximum absolute atomic E-state index is 13.3. The van der Waals surface area contributed by atoms with Crippen LogP contribution in [-0.2, 0) is 17.8 Å². The van der Waals surface area contributed by atoms with Crippen molar-refractivity contribution in [3.8, 4) is 0 Å². The van der Waals surface area contributed by atoms with Crippen LogP contribution in [0.5, 0.6) is 0 Å². The summed E-state index contributed by atoms with van der Waals surface area (Å²) in [6.07, 6.45) is 2.46. The molecule has 7 heteroatoms. The van der Waals surface area contributed by atoms with Crippen LogP contribution >= 0.6 is 0 Å². The van der Waals surface area contributed by atoms with Crippen LogP contribution in [0, 0.1) is 12.7 Å². The molecule has 27 heavy (non-hydrogen) atoms. The molecule has 1 amide bonds. The Kier molecular flexibility index (Phi) is 7.73. The van der Waals surface area contributed by atoms with Crippen LogP contribution < -0.4 is 10.6 Å². The van der Waals surface area contributed by atoms with E-state index in [1.54, 1.807) is 44.2 Å². The highest BCUT2D eigenvalue weighted by Gasteiger charge is 2.10. The summed E-state index contributed by atoms with van der Waals surface area (Å²) < 4.78 is 13.3. The van der Waals surface area contributed by atoms with Gasteiger partial charge in [0.1, 0.15) is 5.82 Å². The average Bonchev–Trinajstić information content (AvgIpc) is 2.69. The first-order valence-corrected chi connectivity index (χ1v) is 8.83. The van der Waals surface area contributed by atoms with Gasteiger partial charge in [0.15, 0.2) is 5.96 Å². The fraction of sp³-hybridized carbons (Fsp3) is 0.350. The fourth-order valence-electron chi connectivity index (χ4n) is 2.47. The van der Waals surface area contributed by atoms with Crippen molar-refractivity contribution in [2.24, 2.45) is 4.99 Å². The number of nitrogens with zero attached hydrogens (tertiary/aromatic N) is 3. The van der Waals surface area contributed by atoms with E-state index in [4.69, 9.17) is 0 Å².